The van der Waals surface area contributed by atoms with Crippen LogP contribution >= 0.6 is 12.4 Å². The Kier molecular flexibility index (Phi) is 7.57. The van der Waals surface area contributed by atoms with Crippen molar-refractivity contribution in [2.75, 3.05) is 10.6 Å². The molecule has 0 heterocycles. The number of amides is 2. The lowest BCUT2D eigenvalue weighted by Gasteiger charge is -2.19. The third kappa shape index (κ3) is 6.08. The smallest absolute Gasteiger partial charge is 0.245 e. The second kappa shape index (κ2) is 9.02. The van der Waals surface area contributed by atoms with Gasteiger partial charge in [-0.3, -0.25) is 9.59 Å². The van der Waals surface area contributed by atoms with Crippen molar-refractivity contribution in [1.29, 1.82) is 0 Å². The van der Waals surface area contributed by atoms with Crippen LogP contribution in [0.2, 0.25) is 0 Å². The average Bonchev–Trinajstić information content (AvgIpc) is 2.57. The highest BCUT2D eigenvalue weighted by atomic mass is 35.5. The summed E-state index contributed by atoms with van der Waals surface area (Å²) in [4.78, 5) is 24.7. The Balaban J connectivity index is 0.00000364. The van der Waals surface area contributed by atoms with Crippen molar-refractivity contribution in [2.45, 2.75) is 40.7 Å². The molecule has 2 rings (SSSR count). The Morgan fingerprint density at radius 3 is 2.11 bits per heavy atom. The summed E-state index contributed by atoms with van der Waals surface area (Å²) in [5, 5.41) is 5.73. The molecule has 2 amide bonds. The number of carbonyl (C=O) groups is 2. The van der Waals surface area contributed by atoms with E-state index in [2.05, 4.69) is 10.6 Å². The Labute approximate surface area is 167 Å². The van der Waals surface area contributed by atoms with Gasteiger partial charge in [0, 0.05) is 16.8 Å². The van der Waals surface area contributed by atoms with Gasteiger partial charge in [0.15, 0.2) is 0 Å². The number of nitrogens with two attached hydrogens (primary N) is 1. The van der Waals surface area contributed by atoms with Gasteiger partial charge >= 0.3 is 0 Å². The number of carbonyl (C=O) groups excluding carboxylic acids is 2. The minimum Gasteiger partial charge on any atom is -0.325 e. The minimum atomic E-state index is -0.760. The van der Waals surface area contributed by atoms with E-state index >= 15 is 0 Å². The molecule has 4 N–H and O–H groups in total. The van der Waals surface area contributed by atoms with Crippen molar-refractivity contribution in [3.63, 3.8) is 0 Å². The van der Waals surface area contributed by atoms with Crippen molar-refractivity contribution in [2.24, 2.45) is 11.1 Å². The number of nitrogens with one attached hydrogen (secondary N) is 2. The normalized spacial score (nSPS) is 11.9. The maximum absolute atomic E-state index is 12.5. The van der Waals surface area contributed by atoms with Gasteiger partial charge in [-0.25, -0.2) is 0 Å². The van der Waals surface area contributed by atoms with Crippen LogP contribution in [0.15, 0.2) is 42.5 Å². The minimum absolute atomic E-state index is 0. The number of hydrogen-bond donors (Lipinski definition) is 3. The average molecular weight is 390 g/mol. The number of anilines is 2. The number of rotatable bonds is 4. The lowest BCUT2D eigenvalue weighted by Crippen LogP contribution is -2.29. The molecule has 0 spiro atoms. The topological polar surface area (TPSA) is 84.2 Å². The van der Waals surface area contributed by atoms with Crippen molar-refractivity contribution >= 4 is 35.6 Å². The molecule has 27 heavy (non-hydrogen) atoms. The van der Waals surface area contributed by atoms with Crippen LogP contribution in [0, 0.1) is 19.3 Å². The molecule has 1 atom stereocenters. The molecule has 1 unspecified atom stereocenters. The second-order valence-electron chi connectivity index (χ2n) is 7.61. The molecular formula is C21H28ClN3O2. The highest BCUT2D eigenvalue weighted by Gasteiger charge is 2.22. The van der Waals surface area contributed by atoms with E-state index < -0.39 is 11.5 Å². The quantitative estimate of drug-likeness (QED) is 0.726. The van der Waals surface area contributed by atoms with E-state index in [9.17, 15) is 9.59 Å². The molecule has 0 saturated heterocycles. The first-order valence-corrected chi connectivity index (χ1v) is 8.63. The van der Waals surface area contributed by atoms with Crippen molar-refractivity contribution in [3.8, 4) is 0 Å². The molecule has 2 aromatic carbocycles. The maximum atomic E-state index is 12.5. The summed E-state index contributed by atoms with van der Waals surface area (Å²) in [7, 11) is 0. The lowest BCUT2D eigenvalue weighted by molar-refractivity contribution is -0.123. The first kappa shape index (κ1) is 22.7. The highest BCUT2D eigenvalue weighted by molar-refractivity contribution is 5.98. The van der Waals surface area contributed by atoms with Crippen LogP contribution < -0.4 is 16.4 Å². The standard InChI is InChI=1S/C21H27N3O2.ClH/c1-13-6-9-15(10-7-13)18(22)19(25)23-16-11-8-14(2)17(12-16)24-20(26)21(3,4)5;/h6-12,18H,22H2,1-5H3,(H,23,25)(H,24,26);1H. The molecule has 146 valence electrons. The summed E-state index contributed by atoms with van der Waals surface area (Å²) < 4.78 is 0. The van der Waals surface area contributed by atoms with Crippen LogP contribution in [0.4, 0.5) is 11.4 Å². The predicted octanol–water partition coefficient (Wildman–Crippen LogP) is 4.35. The van der Waals surface area contributed by atoms with Crippen LogP contribution in [0.1, 0.15) is 43.5 Å². The molecule has 0 radical (unpaired) electrons. The number of aryl methyl sites for hydroxylation is 2. The van der Waals surface area contributed by atoms with Crippen molar-refractivity contribution in [3.05, 3.63) is 59.2 Å². The van der Waals surface area contributed by atoms with Gasteiger partial charge in [-0.2, -0.15) is 0 Å². The molecule has 0 aliphatic rings. The van der Waals surface area contributed by atoms with Crippen LogP contribution in [-0.2, 0) is 9.59 Å². The van der Waals surface area contributed by atoms with E-state index in [-0.39, 0.29) is 24.2 Å². The van der Waals surface area contributed by atoms with E-state index in [0.717, 1.165) is 16.7 Å². The molecule has 6 heteroatoms. The van der Waals surface area contributed by atoms with E-state index in [1.54, 1.807) is 12.1 Å². The van der Waals surface area contributed by atoms with E-state index in [0.29, 0.717) is 11.4 Å². The van der Waals surface area contributed by atoms with Crippen LogP contribution in [0.3, 0.4) is 0 Å². The number of benzene rings is 2. The molecular weight excluding hydrogens is 362 g/mol. The second-order valence-corrected chi connectivity index (χ2v) is 7.61. The summed E-state index contributed by atoms with van der Waals surface area (Å²) in [5.74, 6) is -0.383. The summed E-state index contributed by atoms with van der Waals surface area (Å²) >= 11 is 0. The molecule has 2 aromatic rings. The zero-order valence-electron chi connectivity index (χ0n) is 16.4. The molecule has 0 bridgehead atoms. The zero-order valence-corrected chi connectivity index (χ0v) is 17.2. The van der Waals surface area contributed by atoms with Crippen LogP contribution in [-0.4, -0.2) is 11.8 Å². The van der Waals surface area contributed by atoms with Gasteiger partial charge in [-0.1, -0.05) is 56.7 Å². The van der Waals surface area contributed by atoms with Crippen molar-refractivity contribution in [1.82, 2.24) is 0 Å². The van der Waals surface area contributed by atoms with Gasteiger partial charge in [0.25, 0.3) is 0 Å². The molecule has 0 fully saturated rings. The van der Waals surface area contributed by atoms with E-state index in [4.69, 9.17) is 5.73 Å². The van der Waals surface area contributed by atoms with Crippen LogP contribution in [0.5, 0.6) is 0 Å². The SMILES string of the molecule is Cc1ccc(C(N)C(=O)Nc2ccc(C)c(NC(=O)C(C)(C)C)c2)cc1.Cl. The Morgan fingerprint density at radius 1 is 0.963 bits per heavy atom. The Morgan fingerprint density at radius 2 is 1.56 bits per heavy atom. The molecule has 0 aliphatic carbocycles. The summed E-state index contributed by atoms with van der Waals surface area (Å²) in [6.07, 6.45) is 0. The number of halogens is 1. The third-order valence-electron chi connectivity index (χ3n) is 4.15. The maximum Gasteiger partial charge on any atom is 0.245 e. The fraction of sp³-hybridized carbons (Fsp3) is 0.333. The molecule has 0 aliphatic heterocycles. The van der Waals surface area contributed by atoms with Gasteiger partial charge in [-0.15, -0.1) is 12.4 Å². The monoisotopic (exact) mass is 389 g/mol. The predicted molar refractivity (Wildman–Crippen MR) is 113 cm³/mol. The van der Waals surface area contributed by atoms with Gasteiger partial charge in [-0.05, 0) is 37.1 Å². The zero-order chi connectivity index (χ0) is 19.5. The highest BCUT2D eigenvalue weighted by Crippen LogP contribution is 2.24. The van der Waals surface area contributed by atoms with Gasteiger partial charge in [0.2, 0.25) is 11.8 Å². The number of hydrogen-bond acceptors (Lipinski definition) is 3. The Hall–Kier alpha value is -2.37. The first-order chi connectivity index (χ1) is 12.1. The molecule has 0 aromatic heterocycles. The summed E-state index contributed by atoms with van der Waals surface area (Å²) in [6, 6.07) is 12.2. The summed E-state index contributed by atoms with van der Waals surface area (Å²) in [6.45, 7) is 9.44. The van der Waals surface area contributed by atoms with Gasteiger partial charge < -0.3 is 16.4 Å². The summed E-state index contributed by atoms with van der Waals surface area (Å²) in [5.41, 5.74) is 9.60. The van der Waals surface area contributed by atoms with E-state index in [1.807, 2.05) is 65.0 Å². The van der Waals surface area contributed by atoms with Gasteiger partial charge in [0.1, 0.15) is 6.04 Å². The third-order valence-corrected chi connectivity index (χ3v) is 4.15. The Bertz CT molecular complexity index is 811. The van der Waals surface area contributed by atoms with Gasteiger partial charge in [0.05, 0.1) is 0 Å². The van der Waals surface area contributed by atoms with Crippen molar-refractivity contribution < 1.29 is 9.59 Å². The lowest BCUT2D eigenvalue weighted by atomic mass is 9.95. The van der Waals surface area contributed by atoms with E-state index in [1.165, 1.54) is 0 Å². The fourth-order valence-corrected chi connectivity index (χ4v) is 2.29. The largest absolute Gasteiger partial charge is 0.325 e. The molecule has 5 nitrogen and oxygen atoms in total. The fourth-order valence-electron chi connectivity index (χ4n) is 2.29. The molecule has 0 saturated carbocycles. The van der Waals surface area contributed by atoms with Crippen LogP contribution in [0.25, 0.3) is 0 Å². The first-order valence-electron chi connectivity index (χ1n) is 8.63.